The molecule has 4 rings (SSSR count). The van der Waals surface area contributed by atoms with E-state index in [0.717, 1.165) is 5.56 Å². The maximum atomic E-state index is 13.3. The molecule has 2 aromatic carbocycles. The molecule has 0 aliphatic carbocycles. The van der Waals surface area contributed by atoms with Crippen LogP contribution in [0, 0.1) is 0 Å². The van der Waals surface area contributed by atoms with Gasteiger partial charge in [-0.2, -0.15) is 0 Å². The lowest BCUT2D eigenvalue weighted by molar-refractivity contribution is 0.0666. The molecule has 0 unspecified atom stereocenters. The molecule has 6 nitrogen and oxygen atoms in total. The number of benzene rings is 2. The predicted octanol–water partition coefficient (Wildman–Crippen LogP) is 4.44. The molecule has 1 saturated heterocycles. The van der Waals surface area contributed by atoms with Crippen molar-refractivity contribution in [2.75, 3.05) is 18.6 Å². The van der Waals surface area contributed by atoms with E-state index in [1.54, 1.807) is 47.4 Å². The fraction of sp³-hybridized carbons (Fsp3) is 0.261. The van der Waals surface area contributed by atoms with E-state index in [4.69, 9.17) is 20.8 Å². The van der Waals surface area contributed by atoms with Crippen LogP contribution in [0.15, 0.2) is 65.1 Å². The number of sulfone groups is 1. The van der Waals surface area contributed by atoms with Crippen molar-refractivity contribution in [2.45, 2.75) is 19.0 Å². The number of nitrogens with zero attached hydrogens (tertiary/aromatic N) is 1. The normalized spacial score (nSPS) is 17.4. The molecule has 3 aromatic rings. The van der Waals surface area contributed by atoms with Crippen LogP contribution in [0.1, 0.15) is 22.5 Å². The first-order valence-electron chi connectivity index (χ1n) is 9.85. The van der Waals surface area contributed by atoms with Gasteiger partial charge in [0.05, 0.1) is 25.2 Å². The molecule has 1 fully saturated rings. The molecule has 0 spiro atoms. The Bertz CT molecular complexity index is 1190. The Balaban J connectivity index is 1.62. The van der Waals surface area contributed by atoms with Crippen molar-refractivity contribution in [3.05, 3.63) is 77.0 Å². The molecule has 8 heteroatoms. The number of furan rings is 1. The smallest absolute Gasteiger partial charge is 0.254 e. The summed E-state index contributed by atoms with van der Waals surface area (Å²) in [7, 11) is -1.63. The van der Waals surface area contributed by atoms with Crippen molar-refractivity contribution < 1.29 is 22.4 Å². The quantitative estimate of drug-likeness (QED) is 0.544. The average Bonchev–Trinajstić information content (AvgIpc) is 3.38. The van der Waals surface area contributed by atoms with Crippen molar-refractivity contribution in [3.63, 3.8) is 0 Å². The van der Waals surface area contributed by atoms with E-state index in [9.17, 15) is 13.2 Å². The van der Waals surface area contributed by atoms with E-state index in [0.29, 0.717) is 34.3 Å². The SMILES string of the molecule is COc1cccc(C(=O)N(Cc2ccc(-c3ccc(Cl)cc3)o2)[C@@H]2CCS(=O)(=O)C2)c1. The highest BCUT2D eigenvalue weighted by molar-refractivity contribution is 7.91. The predicted molar refractivity (Wildman–Crippen MR) is 119 cm³/mol. The number of carbonyl (C=O) groups excluding carboxylic acids is 1. The van der Waals surface area contributed by atoms with Crippen molar-refractivity contribution in [1.29, 1.82) is 0 Å². The van der Waals surface area contributed by atoms with Crippen molar-refractivity contribution in [1.82, 2.24) is 4.90 Å². The van der Waals surface area contributed by atoms with Crippen LogP contribution in [0.25, 0.3) is 11.3 Å². The summed E-state index contributed by atoms with van der Waals surface area (Å²) in [6, 6.07) is 17.3. The van der Waals surface area contributed by atoms with Crippen LogP contribution in [-0.2, 0) is 16.4 Å². The first-order chi connectivity index (χ1) is 14.8. The van der Waals surface area contributed by atoms with Gasteiger partial charge in [0.15, 0.2) is 9.84 Å². The Morgan fingerprint density at radius 3 is 2.61 bits per heavy atom. The summed E-state index contributed by atoms with van der Waals surface area (Å²) >= 11 is 5.95. The molecule has 2 heterocycles. The monoisotopic (exact) mass is 459 g/mol. The molecular weight excluding hydrogens is 438 g/mol. The van der Waals surface area contributed by atoms with Gasteiger partial charge in [0, 0.05) is 22.2 Å². The molecule has 0 radical (unpaired) electrons. The molecule has 162 valence electrons. The second kappa shape index (κ2) is 8.77. The second-order valence-corrected chi connectivity index (χ2v) is 10.2. The van der Waals surface area contributed by atoms with Crippen LogP contribution in [0.4, 0.5) is 0 Å². The zero-order valence-electron chi connectivity index (χ0n) is 17.0. The number of halogens is 1. The van der Waals surface area contributed by atoms with Gasteiger partial charge in [0.2, 0.25) is 0 Å². The second-order valence-electron chi connectivity index (χ2n) is 7.49. The van der Waals surface area contributed by atoms with Gasteiger partial charge in [-0.05, 0) is 61.0 Å². The molecule has 0 bridgehead atoms. The summed E-state index contributed by atoms with van der Waals surface area (Å²) in [6.45, 7) is 0.170. The van der Waals surface area contributed by atoms with Crippen LogP contribution in [0.5, 0.6) is 5.75 Å². The number of methoxy groups -OCH3 is 1. The molecule has 0 saturated carbocycles. The van der Waals surface area contributed by atoms with E-state index in [2.05, 4.69) is 0 Å². The van der Waals surface area contributed by atoms with E-state index in [1.165, 1.54) is 7.11 Å². The van der Waals surface area contributed by atoms with Crippen molar-refractivity contribution in [3.8, 4) is 17.1 Å². The summed E-state index contributed by atoms with van der Waals surface area (Å²) in [4.78, 5) is 14.9. The van der Waals surface area contributed by atoms with Crippen LogP contribution >= 0.6 is 11.6 Å². The minimum Gasteiger partial charge on any atom is -0.497 e. The zero-order chi connectivity index (χ0) is 22.0. The minimum absolute atomic E-state index is 0.0482. The van der Waals surface area contributed by atoms with Gasteiger partial charge in [-0.3, -0.25) is 4.79 Å². The standard InChI is InChI=1S/C23H22ClNO5S/c1-29-20-4-2-3-17(13-20)23(26)25(19-11-12-31(27,28)15-19)14-21-9-10-22(30-21)16-5-7-18(24)8-6-16/h2-10,13,19H,11-12,14-15H2,1H3/t19-/m1/s1. The lowest BCUT2D eigenvalue weighted by Crippen LogP contribution is -2.40. The van der Waals surface area contributed by atoms with E-state index >= 15 is 0 Å². The van der Waals surface area contributed by atoms with E-state index in [-0.39, 0.29) is 24.0 Å². The number of carbonyl (C=O) groups is 1. The fourth-order valence-electron chi connectivity index (χ4n) is 3.71. The highest BCUT2D eigenvalue weighted by Crippen LogP contribution is 2.27. The van der Waals surface area contributed by atoms with Gasteiger partial charge in [-0.25, -0.2) is 8.42 Å². The number of hydrogen-bond acceptors (Lipinski definition) is 5. The lowest BCUT2D eigenvalue weighted by Gasteiger charge is -2.27. The first-order valence-corrected chi connectivity index (χ1v) is 12.0. The maximum Gasteiger partial charge on any atom is 0.254 e. The summed E-state index contributed by atoms with van der Waals surface area (Å²) in [6.07, 6.45) is 0.406. The molecule has 1 aromatic heterocycles. The topological polar surface area (TPSA) is 76.8 Å². The number of hydrogen-bond donors (Lipinski definition) is 0. The van der Waals surface area contributed by atoms with Gasteiger partial charge in [0.1, 0.15) is 17.3 Å². The number of ether oxygens (including phenoxy) is 1. The van der Waals surface area contributed by atoms with Gasteiger partial charge >= 0.3 is 0 Å². The van der Waals surface area contributed by atoms with Crippen LogP contribution in [0.2, 0.25) is 5.02 Å². The highest BCUT2D eigenvalue weighted by atomic mass is 35.5. The highest BCUT2D eigenvalue weighted by Gasteiger charge is 2.35. The van der Waals surface area contributed by atoms with Crippen molar-refractivity contribution in [2.24, 2.45) is 0 Å². The first kappa shape index (κ1) is 21.5. The molecule has 1 aliphatic heterocycles. The Morgan fingerprint density at radius 2 is 1.94 bits per heavy atom. The number of amides is 1. The molecule has 1 amide bonds. The Morgan fingerprint density at radius 1 is 1.16 bits per heavy atom. The third-order valence-electron chi connectivity index (χ3n) is 5.34. The molecule has 31 heavy (non-hydrogen) atoms. The average molecular weight is 460 g/mol. The third-order valence-corrected chi connectivity index (χ3v) is 7.35. The Hall–Kier alpha value is -2.77. The third kappa shape index (κ3) is 4.94. The van der Waals surface area contributed by atoms with Crippen molar-refractivity contribution >= 4 is 27.3 Å². The lowest BCUT2D eigenvalue weighted by atomic mass is 10.1. The zero-order valence-corrected chi connectivity index (χ0v) is 18.5. The van der Waals surface area contributed by atoms with Gasteiger partial charge in [-0.15, -0.1) is 0 Å². The van der Waals surface area contributed by atoms with Crippen LogP contribution < -0.4 is 4.74 Å². The molecule has 1 atom stereocenters. The Labute approximate surface area is 186 Å². The van der Waals surface area contributed by atoms with Crippen LogP contribution in [0.3, 0.4) is 0 Å². The van der Waals surface area contributed by atoms with Crippen LogP contribution in [-0.4, -0.2) is 43.9 Å². The molecule has 0 N–H and O–H groups in total. The Kier molecular flexibility index (Phi) is 6.07. The van der Waals surface area contributed by atoms with Gasteiger partial charge in [0.25, 0.3) is 5.91 Å². The maximum absolute atomic E-state index is 13.3. The van der Waals surface area contributed by atoms with Gasteiger partial charge in [-0.1, -0.05) is 17.7 Å². The molecule has 1 aliphatic rings. The van der Waals surface area contributed by atoms with E-state index in [1.807, 2.05) is 18.2 Å². The summed E-state index contributed by atoms with van der Waals surface area (Å²) < 4.78 is 35.4. The van der Waals surface area contributed by atoms with Gasteiger partial charge < -0.3 is 14.1 Å². The summed E-state index contributed by atoms with van der Waals surface area (Å²) in [5.74, 6) is 1.56. The number of rotatable bonds is 6. The molecular formula is C23H22ClNO5S. The largest absolute Gasteiger partial charge is 0.497 e. The summed E-state index contributed by atoms with van der Waals surface area (Å²) in [5, 5.41) is 0.632. The summed E-state index contributed by atoms with van der Waals surface area (Å²) in [5.41, 5.74) is 1.30. The van der Waals surface area contributed by atoms with E-state index < -0.39 is 15.9 Å². The minimum atomic E-state index is -3.16. The fourth-order valence-corrected chi connectivity index (χ4v) is 5.57.